The minimum atomic E-state index is -4.44. The van der Waals surface area contributed by atoms with Gasteiger partial charge in [-0.25, -0.2) is 0 Å². The molecule has 24 heavy (non-hydrogen) atoms. The number of halogens is 3. The van der Waals surface area contributed by atoms with Gasteiger partial charge in [0.2, 0.25) is 0 Å². The van der Waals surface area contributed by atoms with Gasteiger partial charge in [0.15, 0.2) is 5.69 Å². The number of nitrogens with one attached hydrogen (secondary N) is 1. The molecule has 0 aliphatic heterocycles. The van der Waals surface area contributed by atoms with Crippen LogP contribution in [0.1, 0.15) is 39.3 Å². The SMILES string of the molecule is Cc1ccc(C)c(C(=O)NCCCn2nc(C(F)(F)F)cc2C)c1. The number of aromatic nitrogens is 2. The summed E-state index contributed by atoms with van der Waals surface area (Å²) >= 11 is 0. The molecule has 1 heterocycles. The van der Waals surface area contributed by atoms with Crippen molar-refractivity contribution in [3.8, 4) is 0 Å². The van der Waals surface area contributed by atoms with Gasteiger partial charge in [-0.05, 0) is 44.9 Å². The van der Waals surface area contributed by atoms with Crippen LogP contribution in [-0.4, -0.2) is 22.2 Å². The van der Waals surface area contributed by atoms with Crippen molar-refractivity contribution < 1.29 is 18.0 Å². The van der Waals surface area contributed by atoms with Gasteiger partial charge in [-0.3, -0.25) is 9.48 Å². The number of benzene rings is 1. The lowest BCUT2D eigenvalue weighted by atomic mass is 10.1. The minimum absolute atomic E-state index is 0.177. The molecule has 0 saturated heterocycles. The van der Waals surface area contributed by atoms with Crippen LogP contribution in [0.25, 0.3) is 0 Å². The van der Waals surface area contributed by atoms with E-state index in [9.17, 15) is 18.0 Å². The summed E-state index contributed by atoms with van der Waals surface area (Å²) in [6.45, 7) is 6.04. The lowest BCUT2D eigenvalue weighted by Gasteiger charge is -2.09. The van der Waals surface area contributed by atoms with Crippen molar-refractivity contribution in [1.82, 2.24) is 15.1 Å². The van der Waals surface area contributed by atoms with Gasteiger partial charge in [-0.1, -0.05) is 17.7 Å². The summed E-state index contributed by atoms with van der Waals surface area (Å²) in [6.07, 6.45) is -3.94. The summed E-state index contributed by atoms with van der Waals surface area (Å²) < 4.78 is 39.1. The van der Waals surface area contributed by atoms with Gasteiger partial charge in [0.25, 0.3) is 5.91 Å². The van der Waals surface area contributed by atoms with E-state index in [1.54, 1.807) is 6.92 Å². The highest BCUT2D eigenvalue weighted by atomic mass is 19.4. The molecular weight excluding hydrogens is 319 g/mol. The average Bonchev–Trinajstić information content (AvgIpc) is 2.87. The van der Waals surface area contributed by atoms with E-state index in [1.807, 2.05) is 32.0 Å². The van der Waals surface area contributed by atoms with Crippen LogP contribution in [0.2, 0.25) is 0 Å². The number of alkyl halides is 3. The summed E-state index contributed by atoms with van der Waals surface area (Å²) in [5, 5.41) is 6.35. The molecule has 130 valence electrons. The Morgan fingerprint density at radius 1 is 1.21 bits per heavy atom. The first kappa shape index (κ1) is 18.0. The fourth-order valence-electron chi connectivity index (χ4n) is 2.38. The van der Waals surface area contributed by atoms with Gasteiger partial charge < -0.3 is 5.32 Å². The lowest BCUT2D eigenvalue weighted by molar-refractivity contribution is -0.141. The molecule has 1 amide bonds. The summed E-state index contributed by atoms with van der Waals surface area (Å²) in [7, 11) is 0. The zero-order valence-electron chi connectivity index (χ0n) is 13.9. The Hall–Kier alpha value is -2.31. The van der Waals surface area contributed by atoms with Crippen LogP contribution in [-0.2, 0) is 12.7 Å². The molecule has 4 nitrogen and oxygen atoms in total. The molecule has 0 saturated carbocycles. The van der Waals surface area contributed by atoms with E-state index in [0.717, 1.165) is 17.2 Å². The monoisotopic (exact) mass is 339 g/mol. The topological polar surface area (TPSA) is 46.9 Å². The Labute approximate surface area is 138 Å². The van der Waals surface area contributed by atoms with E-state index in [0.29, 0.717) is 30.8 Å². The summed E-state index contributed by atoms with van der Waals surface area (Å²) in [4.78, 5) is 12.1. The van der Waals surface area contributed by atoms with E-state index in [4.69, 9.17) is 0 Å². The smallest absolute Gasteiger partial charge is 0.352 e. The van der Waals surface area contributed by atoms with Crippen molar-refractivity contribution in [2.24, 2.45) is 0 Å². The van der Waals surface area contributed by atoms with Crippen LogP contribution in [0.3, 0.4) is 0 Å². The van der Waals surface area contributed by atoms with Crippen LogP contribution < -0.4 is 5.32 Å². The number of aryl methyl sites for hydroxylation is 4. The number of carbonyl (C=O) groups is 1. The summed E-state index contributed by atoms with van der Waals surface area (Å²) in [5.74, 6) is -0.177. The zero-order valence-corrected chi connectivity index (χ0v) is 13.9. The molecule has 0 atom stereocenters. The third-order valence-electron chi connectivity index (χ3n) is 3.74. The number of rotatable bonds is 5. The first-order valence-corrected chi connectivity index (χ1v) is 7.65. The molecule has 1 N–H and O–H groups in total. The van der Waals surface area contributed by atoms with Gasteiger partial charge in [0, 0.05) is 24.3 Å². The number of carbonyl (C=O) groups excluding carboxylic acids is 1. The Bertz CT molecular complexity index is 735. The largest absolute Gasteiger partial charge is 0.435 e. The highest BCUT2D eigenvalue weighted by molar-refractivity contribution is 5.95. The van der Waals surface area contributed by atoms with Crippen molar-refractivity contribution in [1.29, 1.82) is 0 Å². The number of nitrogens with zero attached hydrogens (tertiary/aromatic N) is 2. The molecule has 0 unspecified atom stereocenters. The molecular formula is C17H20F3N3O. The predicted octanol–water partition coefficient (Wildman–Crippen LogP) is 3.65. The maximum absolute atomic E-state index is 12.6. The number of hydrogen-bond donors (Lipinski definition) is 1. The molecule has 0 aliphatic rings. The van der Waals surface area contributed by atoms with Crippen LogP contribution in [0, 0.1) is 20.8 Å². The maximum atomic E-state index is 12.6. The quantitative estimate of drug-likeness (QED) is 0.845. The Kier molecular flexibility index (Phi) is 5.31. The van der Waals surface area contributed by atoms with E-state index < -0.39 is 11.9 Å². The Morgan fingerprint density at radius 2 is 1.92 bits per heavy atom. The third kappa shape index (κ3) is 4.37. The van der Waals surface area contributed by atoms with Crippen molar-refractivity contribution in [3.05, 3.63) is 52.3 Å². The van der Waals surface area contributed by atoms with Crippen molar-refractivity contribution >= 4 is 5.91 Å². The van der Waals surface area contributed by atoms with Crippen molar-refractivity contribution in [2.45, 2.75) is 39.9 Å². The molecule has 0 bridgehead atoms. The third-order valence-corrected chi connectivity index (χ3v) is 3.74. The predicted molar refractivity (Wildman–Crippen MR) is 84.8 cm³/mol. The Balaban J connectivity index is 1.88. The average molecular weight is 339 g/mol. The molecule has 2 rings (SSSR count). The first-order valence-electron chi connectivity index (χ1n) is 7.65. The molecule has 0 spiro atoms. The second-order valence-electron chi connectivity index (χ2n) is 5.82. The van der Waals surface area contributed by atoms with E-state index in [2.05, 4.69) is 10.4 Å². The highest BCUT2D eigenvalue weighted by Crippen LogP contribution is 2.28. The van der Waals surface area contributed by atoms with Gasteiger partial charge in [0.05, 0.1) is 0 Å². The second-order valence-corrected chi connectivity index (χ2v) is 5.82. The molecule has 0 fully saturated rings. The normalized spacial score (nSPS) is 11.6. The van der Waals surface area contributed by atoms with Crippen LogP contribution in [0.15, 0.2) is 24.3 Å². The highest BCUT2D eigenvalue weighted by Gasteiger charge is 2.34. The summed E-state index contributed by atoms with van der Waals surface area (Å²) in [5.41, 5.74) is 2.06. The summed E-state index contributed by atoms with van der Waals surface area (Å²) in [6, 6.07) is 6.66. The van der Waals surface area contributed by atoms with Gasteiger partial charge >= 0.3 is 6.18 Å². The number of hydrogen-bond acceptors (Lipinski definition) is 2. The van der Waals surface area contributed by atoms with Gasteiger partial charge in [0.1, 0.15) is 0 Å². The molecule has 2 aromatic rings. The van der Waals surface area contributed by atoms with E-state index in [1.165, 1.54) is 4.68 Å². The van der Waals surface area contributed by atoms with Gasteiger partial charge in [-0.15, -0.1) is 0 Å². The maximum Gasteiger partial charge on any atom is 0.435 e. The van der Waals surface area contributed by atoms with E-state index >= 15 is 0 Å². The standard InChI is InChI=1S/C17H20F3N3O/c1-11-5-6-12(2)14(9-11)16(24)21-7-4-8-23-13(3)10-15(22-23)17(18,19)20/h5-6,9-10H,4,7-8H2,1-3H3,(H,21,24). The molecule has 0 aliphatic carbocycles. The minimum Gasteiger partial charge on any atom is -0.352 e. The van der Waals surface area contributed by atoms with Crippen LogP contribution >= 0.6 is 0 Å². The second kappa shape index (κ2) is 7.07. The van der Waals surface area contributed by atoms with Crippen molar-refractivity contribution in [3.63, 3.8) is 0 Å². The Morgan fingerprint density at radius 3 is 2.54 bits per heavy atom. The fraction of sp³-hybridized carbons (Fsp3) is 0.412. The van der Waals surface area contributed by atoms with Crippen molar-refractivity contribution in [2.75, 3.05) is 6.54 Å². The van der Waals surface area contributed by atoms with Crippen LogP contribution in [0.5, 0.6) is 0 Å². The van der Waals surface area contributed by atoms with E-state index in [-0.39, 0.29) is 5.91 Å². The fourth-order valence-corrected chi connectivity index (χ4v) is 2.38. The zero-order chi connectivity index (χ0) is 17.9. The van der Waals surface area contributed by atoms with Gasteiger partial charge in [-0.2, -0.15) is 18.3 Å². The molecule has 1 aromatic carbocycles. The molecule has 1 aromatic heterocycles. The first-order chi connectivity index (χ1) is 11.2. The molecule has 0 radical (unpaired) electrons. The lowest BCUT2D eigenvalue weighted by Crippen LogP contribution is -2.26. The number of amides is 1. The van der Waals surface area contributed by atoms with Crippen LogP contribution in [0.4, 0.5) is 13.2 Å². The molecule has 7 heteroatoms.